The lowest BCUT2D eigenvalue weighted by molar-refractivity contribution is -0.137. The molecule has 2 unspecified atom stereocenters. The minimum Gasteiger partial charge on any atom is -0.612 e. The van der Waals surface area contributed by atoms with Gasteiger partial charge in [-0.2, -0.15) is 23.5 Å². The highest BCUT2D eigenvalue weighted by Crippen LogP contribution is 2.47. The van der Waals surface area contributed by atoms with E-state index in [1.165, 1.54) is 0 Å². The largest absolute Gasteiger partial charge is 0.612 e. The molecular weight excluding hydrogens is 388 g/mol. The molecular formula is C13H9Cl2F3N4OS. The van der Waals surface area contributed by atoms with Crippen molar-refractivity contribution in [3.8, 4) is 6.07 Å². The van der Waals surface area contributed by atoms with Crippen LogP contribution in [0.2, 0.25) is 10.0 Å². The first kappa shape index (κ1) is 19.0. The Kier molecular flexibility index (Phi) is 5.18. The van der Waals surface area contributed by atoms with Crippen LogP contribution in [0, 0.1) is 11.3 Å². The summed E-state index contributed by atoms with van der Waals surface area (Å²) in [6, 6.07) is 2.99. The number of nitriles is 1. The zero-order valence-electron chi connectivity index (χ0n) is 12.0. The highest BCUT2D eigenvalue weighted by atomic mass is 35.5. The molecule has 0 amide bonds. The predicted molar refractivity (Wildman–Crippen MR) is 83.5 cm³/mol. The van der Waals surface area contributed by atoms with E-state index in [0.717, 1.165) is 0 Å². The Balaban J connectivity index is 2.70. The molecule has 0 aliphatic carbocycles. The monoisotopic (exact) mass is 396 g/mol. The molecule has 2 N–H and O–H groups in total. The molecule has 1 aromatic rings. The van der Waals surface area contributed by atoms with Crippen LogP contribution in [0.4, 0.5) is 13.2 Å². The molecule has 1 aromatic carbocycles. The number of rotatable bonds is 3. The third kappa shape index (κ3) is 3.12. The van der Waals surface area contributed by atoms with Gasteiger partial charge in [0.05, 0.1) is 15.6 Å². The summed E-state index contributed by atoms with van der Waals surface area (Å²) in [4.78, 5) is -0.143. The van der Waals surface area contributed by atoms with Crippen LogP contribution in [-0.2, 0) is 23.0 Å². The lowest BCUT2D eigenvalue weighted by atomic mass is 9.98. The molecule has 5 nitrogen and oxygen atoms in total. The van der Waals surface area contributed by atoms with Gasteiger partial charge in [0.25, 0.3) is 0 Å². The van der Waals surface area contributed by atoms with E-state index in [1.807, 2.05) is 0 Å². The fraction of sp³-hybridized carbons (Fsp3) is 0.308. The van der Waals surface area contributed by atoms with E-state index in [4.69, 9.17) is 34.2 Å². The molecule has 1 heterocycles. The van der Waals surface area contributed by atoms with E-state index in [0.29, 0.717) is 12.1 Å². The molecule has 0 fully saturated rings. The second kappa shape index (κ2) is 6.54. The lowest BCUT2D eigenvalue weighted by Gasteiger charge is -2.26. The summed E-state index contributed by atoms with van der Waals surface area (Å²) < 4.78 is 50.8. The molecule has 0 saturated carbocycles. The van der Waals surface area contributed by atoms with E-state index in [2.05, 4.69) is 10.2 Å². The van der Waals surface area contributed by atoms with Crippen molar-refractivity contribution in [2.24, 2.45) is 16.0 Å². The van der Waals surface area contributed by atoms with E-state index in [9.17, 15) is 17.7 Å². The molecule has 2 rings (SSSR count). The number of alkyl halides is 3. The van der Waals surface area contributed by atoms with Crippen molar-refractivity contribution in [2.45, 2.75) is 18.8 Å². The molecule has 24 heavy (non-hydrogen) atoms. The zero-order chi connectivity index (χ0) is 18.3. The minimum atomic E-state index is -4.66. The van der Waals surface area contributed by atoms with Gasteiger partial charge in [0, 0.05) is 5.56 Å². The summed E-state index contributed by atoms with van der Waals surface area (Å²) in [5.41, 5.74) is 2.62. The Hall–Kier alpha value is -1.31. The molecule has 1 aliphatic rings. The quantitative estimate of drug-likeness (QED) is 0.778. The zero-order valence-corrected chi connectivity index (χ0v) is 14.3. The molecule has 0 saturated heterocycles. The number of nitrogens with zero attached hydrogens (tertiary/aromatic N) is 3. The maximum atomic E-state index is 12.8. The summed E-state index contributed by atoms with van der Waals surface area (Å²) >= 11 is 10.2. The van der Waals surface area contributed by atoms with Crippen LogP contribution >= 0.6 is 23.2 Å². The summed E-state index contributed by atoms with van der Waals surface area (Å²) in [5.74, 6) is 0.0976. The average molecular weight is 397 g/mol. The van der Waals surface area contributed by atoms with Gasteiger partial charge in [0.1, 0.15) is 11.8 Å². The first-order valence-corrected chi connectivity index (χ1v) is 8.45. The van der Waals surface area contributed by atoms with Gasteiger partial charge in [-0.25, -0.2) is 0 Å². The molecule has 2 atom stereocenters. The fourth-order valence-electron chi connectivity index (χ4n) is 2.16. The van der Waals surface area contributed by atoms with Crippen molar-refractivity contribution in [1.29, 1.82) is 5.26 Å². The lowest BCUT2D eigenvalue weighted by Crippen LogP contribution is -2.39. The number of hydrogen-bond donors (Lipinski definition) is 1. The van der Waals surface area contributed by atoms with Gasteiger partial charge in [0.15, 0.2) is 0 Å². The molecule has 0 spiro atoms. The number of hydrogen-bond acceptors (Lipinski definition) is 5. The highest BCUT2D eigenvalue weighted by molar-refractivity contribution is 7.95. The summed E-state index contributed by atoms with van der Waals surface area (Å²) in [7, 11) is 0. The second-order valence-electron chi connectivity index (χ2n) is 4.70. The van der Waals surface area contributed by atoms with E-state index >= 15 is 0 Å². The Morgan fingerprint density at radius 3 is 2.33 bits per heavy atom. The first-order chi connectivity index (χ1) is 11.1. The van der Waals surface area contributed by atoms with Crippen molar-refractivity contribution < 1.29 is 17.7 Å². The SMILES string of the molecule is CC[S+]([O-])C1=C(C#N)N=NC1(N)c1c(Cl)cc(C(F)(F)F)cc1Cl. The van der Waals surface area contributed by atoms with Gasteiger partial charge in [-0.1, -0.05) is 23.2 Å². The third-order valence-electron chi connectivity index (χ3n) is 3.22. The Morgan fingerprint density at radius 1 is 1.38 bits per heavy atom. The van der Waals surface area contributed by atoms with Crippen LogP contribution in [0.25, 0.3) is 0 Å². The maximum absolute atomic E-state index is 12.8. The van der Waals surface area contributed by atoms with Crippen LogP contribution in [0.15, 0.2) is 33.0 Å². The third-order valence-corrected chi connectivity index (χ3v) is 5.30. The summed E-state index contributed by atoms with van der Waals surface area (Å²) in [5, 5.41) is 15.5. The Bertz CT molecular complexity index is 767. The van der Waals surface area contributed by atoms with Gasteiger partial charge in [-0.3, -0.25) is 5.73 Å². The van der Waals surface area contributed by atoms with Crippen LogP contribution in [0.3, 0.4) is 0 Å². The highest BCUT2D eigenvalue weighted by Gasteiger charge is 2.49. The van der Waals surface area contributed by atoms with Gasteiger partial charge < -0.3 is 4.55 Å². The fourth-order valence-corrected chi connectivity index (χ4v) is 4.02. The van der Waals surface area contributed by atoms with Crippen molar-refractivity contribution in [3.63, 3.8) is 0 Å². The molecule has 128 valence electrons. The maximum Gasteiger partial charge on any atom is 0.416 e. The Labute approximate surface area is 148 Å². The molecule has 1 aliphatic heterocycles. The topological polar surface area (TPSA) is 97.6 Å². The molecule has 0 radical (unpaired) electrons. The molecule has 0 aromatic heterocycles. The second-order valence-corrected chi connectivity index (χ2v) is 7.19. The number of benzene rings is 1. The van der Waals surface area contributed by atoms with E-state index in [-0.39, 0.29) is 21.9 Å². The predicted octanol–water partition coefficient (Wildman–Crippen LogP) is 4.09. The molecule has 0 bridgehead atoms. The summed E-state index contributed by atoms with van der Waals surface area (Å²) in [6.45, 7) is 1.58. The van der Waals surface area contributed by atoms with Gasteiger partial charge in [0.2, 0.25) is 16.3 Å². The van der Waals surface area contributed by atoms with Gasteiger partial charge in [-0.15, -0.1) is 5.11 Å². The van der Waals surface area contributed by atoms with E-state index < -0.39 is 38.6 Å². The van der Waals surface area contributed by atoms with Crippen molar-refractivity contribution in [1.82, 2.24) is 0 Å². The number of halogens is 5. The summed E-state index contributed by atoms with van der Waals surface area (Å²) in [6.07, 6.45) is -4.66. The minimum absolute atomic E-state index is 0.0976. The van der Waals surface area contributed by atoms with Crippen molar-refractivity contribution in [3.05, 3.63) is 43.9 Å². The number of nitrogens with two attached hydrogens (primary N) is 1. The van der Waals surface area contributed by atoms with Crippen LogP contribution in [-0.4, -0.2) is 10.3 Å². The Morgan fingerprint density at radius 2 is 1.92 bits per heavy atom. The number of azo groups is 1. The van der Waals surface area contributed by atoms with Crippen molar-refractivity contribution in [2.75, 3.05) is 5.75 Å². The molecule has 11 heteroatoms. The van der Waals surface area contributed by atoms with Crippen LogP contribution in [0.1, 0.15) is 18.1 Å². The normalized spacial score (nSPS) is 22.0. The van der Waals surface area contributed by atoms with Crippen LogP contribution < -0.4 is 5.73 Å². The van der Waals surface area contributed by atoms with E-state index in [1.54, 1.807) is 13.0 Å². The van der Waals surface area contributed by atoms with Gasteiger partial charge >= 0.3 is 6.18 Å². The smallest absolute Gasteiger partial charge is 0.416 e. The average Bonchev–Trinajstić information content (AvgIpc) is 2.82. The standard InChI is InChI=1S/C13H9Cl2F3N4OS/c1-2-24(23)11-9(5-19)21-22-12(11,20)10-7(14)3-6(4-8(10)15)13(16,17)18/h3-4H,2,20H2,1H3. The van der Waals surface area contributed by atoms with Gasteiger partial charge in [-0.05, 0) is 30.2 Å². The van der Waals surface area contributed by atoms with Crippen LogP contribution in [0.5, 0.6) is 0 Å². The number of allylic oxidation sites excluding steroid dienone is 1. The van der Waals surface area contributed by atoms with Crippen molar-refractivity contribution >= 4 is 34.4 Å². The first-order valence-electron chi connectivity index (χ1n) is 6.38.